The second kappa shape index (κ2) is 9.74. The minimum absolute atomic E-state index is 0.0773. The molecule has 0 spiro atoms. The van der Waals surface area contributed by atoms with Crippen molar-refractivity contribution in [2.75, 3.05) is 13.7 Å². The summed E-state index contributed by atoms with van der Waals surface area (Å²) in [6, 6.07) is 16.4. The van der Waals surface area contributed by atoms with E-state index in [1.54, 1.807) is 24.2 Å². The van der Waals surface area contributed by atoms with Crippen LogP contribution in [0.2, 0.25) is 0 Å². The van der Waals surface area contributed by atoms with E-state index in [9.17, 15) is 18.8 Å². The largest absolute Gasteiger partial charge is 0.469 e. The van der Waals surface area contributed by atoms with E-state index in [4.69, 9.17) is 9.47 Å². The number of cyclic esters (lactones) is 1. The highest BCUT2D eigenvalue weighted by Gasteiger charge is 2.45. The fourth-order valence-electron chi connectivity index (χ4n) is 4.41. The number of hydrogen-bond acceptors (Lipinski definition) is 5. The zero-order valence-corrected chi connectivity index (χ0v) is 19.9. The lowest BCUT2D eigenvalue weighted by Crippen LogP contribution is -2.49. The predicted octanol–water partition coefficient (Wildman–Crippen LogP) is 4.55. The summed E-state index contributed by atoms with van der Waals surface area (Å²) in [5.74, 6) is -0.932. The van der Waals surface area contributed by atoms with Gasteiger partial charge in [0, 0.05) is 32.3 Å². The second-order valence-electron chi connectivity index (χ2n) is 8.73. The van der Waals surface area contributed by atoms with Crippen molar-refractivity contribution in [2.24, 2.45) is 7.05 Å². The third-order valence-electron chi connectivity index (χ3n) is 6.58. The van der Waals surface area contributed by atoms with Gasteiger partial charge in [0.1, 0.15) is 5.82 Å². The second-order valence-corrected chi connectivity index (χ2v) is 8.73. The molecule has 182 valence electrons. The highest BCUT2D eigenvalue weighted by Crippen LogP contribution is 2.40. The Morgan fingerprint density at radius 2 is 1.71 bits per heavy atom. The van der Waals surface area contributed by atoms with Crippen molar-refractivity contribution in [3.63, 3.8) is 0 Å². The van der Waals surface area contributed by atoms with Crippen molar-refractivity contribution >= 4 is 12.1 Å². The van der Waals surface area contributed by atoms with Crippen LogP contribution in [0.3, 0.4) is 0 Å². The number of methoxy groups -OCH3 is 1. The average molecular weight is 479 g/mol. The van der Waals surface area contributed by atoms with E-state index in [1.807, 2.05) is 31.2 Å². The van der Waals surface area contributed by atoms with Crippen LogP contribution in [-0.4, -0.2) is 35.2 Å². The highest BCUT2D eigenvalue weighted by molar-refractivity contribution is 5.74. The van der Waals surface area contributed by atoms with Crippen LogP contribution in [0.5, 0.6) is 0 Å². The molecule has 1 aromatic heterocycles. The monoisotopic (exact) mass is 478 g/mol. The van der Waals surface area contributed by atoms with Crippen LogP contribution in [0, 0.1) is 5.82 Å². The number of ether oxygens (including phenoxy) is 2. The van der Waals surface area contributed by atoms with Gasteiger partial charge in [0.15, 0.2) is 5.60 Å². The molecule has 0 radical (unpaired) electrons. The third kappa shape index (κ3) is 4.96. The minimum Gasteiger partial charge on any atom is -0.469 e. The standard InChI is InChI=1S/C27H27FN2O5/c1-18(19-4-6-20(7-5-19)21-8-13-24(31)29(2)17-21)30-15-14-27(35-26(30)33,16-25(32)34-3)22-9-11-23(28)12-10-22/h4-13,17-18H,14-16H2,1-3H3/t18-,27-/m0/s1. The number of nitrogens with zero attached hydrogens (tertiary/aromatic N) is 2. The van der Waals surface area contributed by atoms with Gasteiger partial charge in [-0.25, -0.2) is 9.18 Å². The first-order chi connectivity index (χ1) is 16.7. The molecule has 1 amide bonds. The average Bonchev–Trinajstić information content (AvgIpc) is 2.86. The van der Waals surface area contributed by atoms with Crippen molar-refractivity contribution in [3.8, 4) is 11.1 Å². The Morgan fingerprint density at radius 3 is 2.31 bits per heavy atom. The van der Waals surface area contributed by atoms with Gasteiger partial charge >= 0.3 is 12.1 Å². The van der Waals surface area contributed by atoms with Gasteiger partial charge < -0.3 is 18.9 Å². The Morgan fingerprint density at radius 1 is 1.06 bits per heavy atom. The molecule has 1 aliphatic heterocycles. The predicted molar refractivity (Wildman–Crippen MR) is 128 cm³/mol. The highest BCUT2D eigenvalue weighted by atomic mass is 19.1. The Labute approximate surface area is 202 Å². The maximum atomic E-state index is 13.5. The van der Waals surface area contributed by atoms with Gasteiger partial charge in [0.25, 0.3) is 0 Å². The van der Waals surface area contributed by atoms with Gasteiger partial charge in [0.05, 0.1) is 19.6 Å². The first kappa shape index (κ1) is 24.2. The Hall–Kier alpha value is -3.94. The molecule has 1 saturated heterocycles. The lowest BCUT2D eigenvalue weighted by atomic mass is 9.85. The molecule has 0 bridgehead atoms. The topological polar surface area (TPSA) is 77.8 Å². The fraction of sp³-hybridized carbons (Fsp3) is 0.296. The summed E-state index contributed by atoms with van der Waals surface area (Å²) in [6.07, 6.45) is 1.41. The number of aromatic nitrogens is 1. The quantitative estimate of drug-likeness (QED) is 0.486. The number of hydrogen-bond donors (Lipinski definition) is 0. The van der Waals surface area contributed by atoms with Crippen molar-refractivity contribution in [3.05, 3.63) is 94.2 Å². The van der Waals surface area contributed by atoms with E-state index >= 15 is 0 Å². The number of pyridine rings is 1. The molecule has 0 saturated carbocycles. The molecular formula is C27H27FN2O5. The van der Waals surface area contributed by atoms with E-state index in [1.165, 1.54) is 42.0 Å². The van der Waals surface area contributed by atoms with E-state index in [2.05, 4.69) is 0 Å². The molecule has 0 aliphatic carbocycles. The van der Waals surface area contributed by atoms with Gasteiger partial charge in [-0.3, -0.25) is 9.59 Å². The van der Waals surface area contributed by atoms with Gasteiger partial charge in [-0.1, -0.05) is 36.4 Å². The molecule has 2 aromatic carbocycles. The Kier molecular flexibility index (Phi) is 6.73. The van der Waals surface area contributed by atoms with Gasteiger partial charge in [0.2, 0.25) is 5.56 Å². The zero-order valence-electron chi connectivity index (χ0n) is 19.9. The molecule has 0 unspecified atom stereocenters. The lowest BCUT2D eigenvalue weighted by Gasteiger charge is -2.43. The van der Waals surface area contributed by atoms with Crippen LogP contribution in [0.1, 0.15) is 36.9 Å². The summed E-state index contributed by atoms with van der Waals surface area (Å²) in [6.45, 7) is 2.25. The van der Waals surface area contributed by atoms with Crippen LogP contribution in [0.25, 0.3) is 11.1 Å². The van der Waals surface area contributed by atoms with E-state index < -0.39 is 23.5 Å². The van der Waals surface area contributed by atoms with Crippen molar-refractivity contribution in [2.45, 2.75) is 31.4 Å². The van der Waals surface area contributed by atoms with Gasteiger partial charge in [-0.05, 0) is 47.4 Å². The molecule has 3 aromatic rings. The van der Waals surface area contributed by atoms with E-state index in [0.717, 1.165) is 16.7 Å². The lowest BCUT2D eigenvalue weighted by molar-refractivity contribution is -0.149. The van der Waals surface area contributed by atoms with Crippen LogP contribution in [0.4, 0.5) is 9.18 Å². The SMILES string of the molecule is COC(=O)C[C@]1(c2ccc(F)cc2)CCN([C@@H](C)c2ccc(-c3ccc(=O)n(C)c3)cc2)C(=O)O1. The number of esters is 1. The molecule has 2 heterocycles. The molecule has 8 heteroatoms. The zero-order chi connectivity index (χ0) is 25.2. The van der Waals surface area contributed by atoms with Gasteiger partial charge in [-0.2, -0.15) is 0 Å². The number of aryl methyl sites for hydroxylation is 1. The molecule has 1 aliphatic rings. The van der Waals surface area contributed by atoms with Crippen molar-refractivity contribution in [1.82, 2.24) is 9.47 Å². The minimum atomic E-state index is -1.22. The molecule has 2 atom stereocenters. The molecule has 35 heavy (non-hydrogen) atoms. The smallest absolute Gasteiger partial charge is 0.411 e. The number of benzene rings is 2. The van der Waals surface area contributed by atoms with E-state index in [-0.39, 0.29) is 18.0 Å². The number of halogens is 1. The molecular weight excluding hydrogens is 451 g/mol. The van der Waals surface area contributed by atoms with E-state index in [0.29, 0.717) is 18.5 Å². The maximum absolute atomic E-state index is 13.5. The van der Waals surface area contributed by atoms with Crippen LogP contribution < -0.4 is 5.56 Å². The fourth-order valence-corrected chi connectivity index (χ4v) is 4.41. The maximum Gasteiger partial charge on any atom is 0.411 e. The summed E-state index contributed by atoms with van der Waals surface area (Å²) in [7, 11) is 2.98. The first-order valence-corrected chi connectivity index (χ1v) is 11.3. The van der Waals surface area contributed by atoms with Crippen LogP contribution in [0.15, 0.2) is 71.7 Å². The van der Waals surface area contributed by atoms with Crippen molar-refractivity contribution < 1.29 is 23.5 Å². The van der Waals surface area contributed by atoms with Crippen LogP contribution in [-0.2, 0) is 26.9 Å². The summed E-state index contributed by atoms with van der Waals surface area (Å²) in [5, 5.41) is 0. The molecule has 4 rings (SSSR count). The summed E-state index contributed by atoms with van der Waals surface area (Å²) in [4.78, 5) is 38.5. The first-order valence-electron chi connectivity index (χ1n) is 11.3. The summed E-state index contributed by atoms with van der Waals surface area (Å²) < 4.78 is 25.7. The van der Waals surface area contributed by atoms with Crippen molar-refractivity contribution in [1.29, 1.82) is 0 Å². The molecule has 7 nitrogen and oxygen atoms in total. The number of amides is 1. The molecule has 1 fully saturated rings. The number of carbonyl (C=O) groups excluding carboxylic acids is 2. The third-order valence-corrected chi connectivity index (χ3v) is 6.58. The normalized spacial score (nSPS) is 18.6. The Bertz CT molecular complexity index is 1290. The Balaban J connectivity index is 1.54. The number of carbonyl (C=O) groups is 2. The molecule has 0 N–H and O–H groups in total. The number of rotatable bonds is 6. The van der Waals surface area contributed by atoms with Gasteiger partial charge in [-0.15, -0.1) is 0 Å². The summed E-state index contributed by atoms with van der Waals surface area (Å²) in [5.41, 5.74) is 2.03. The van der Waals surface area contributed by atoms with Crippen LogP contribution >= 0.6 is 0 Å². The summed E-state index contributed by atoms with van der Waals surface area (Å²) >= 11 is 0.